The minimum absolute atomic E-state index is 0.00947. The van der Waals surface area contributed by atoms with Crippen molar-refractivity contribution in [3.63, 3.8) is 0 Å². The molecule has 1 atom stereocenters. The highest BCUT2D eigenvalue weighted by Gasteiger charge is 2.18. The van der Waals surface area contributed by atoms with Crippen LogP contribution in [0.3, 0.4) is 0 Å². The second-order valence-electron chi connectivity index (χ2n) is 7.97. The maximum Gasteiger partial charge on any atom is 0.233 e. The topological polar surface area (TPSA) is 60.0 Å². The summed E-state index contributed by atoms with van der Waals surface area (Å²) < 4.78 is 16.6. The first-order valence-electron chi connectivity index (χ1n) is 11.1. The van der Waals surface area contributed by atoms with E-state index in [4.69, 9.17) is 14.2 Å². The summed E-state index contributed by atoms with van der Waals surface area (Å²) in [6, 6.07) is 16.2. The minimum atomic E-state index is -0.191. The Morgan fingerprint density at radius 2 is 1.94 bits per heavy atom. The van der Waals surface area contributed by atoms with Crippen LogP contribution < -0.4 is 14.8 Å². The van der Waals surface area contributed by atoms with Crippen LogP contribution in [0.5, 0.6) is 11.5 Å². The Kier molecular flexibility index (Phi) is 9.71. The largest absolute Gasteiger partial charge is 0.497 e. The number of thioether (sulfide) groups is 1. The summed E-state index contributed by atoms with van der Waals surface area (Å²) in [6.45, 7) is 5.61. The quantitative estimate of drug-likeness (QED) is 0.514. The molecule has 1 heterocycles. The summed E-state index contributed by atoms with van der Waals surface area (Å²) in [5, 5.41) is 2.83. The molecule has 174 valence electrons. The molecular weight excluding hydrogens is 424 g/mol. The monoisotopic (exact) mass is 458 g/mol. The van der Waals surface area contributed by atoms with Gasteiger partial charge in [0.2, 0.25) is 5.91 Å². The van der Waals surface area contributed by atoms with Crippen molar-refractivity contribution >= 4 is 17.7 Å². The van der Waals surface area contributed by atoms with E-state index in [2.05, 4.69) is 17.3 Å². The zero-order chi connectivity index (χ0) is 22.8. The Bertz CT molecular complexity index is 840. The van der Waals surface area contributed by atoms with Crippen LogP contribution in [0, 0.1) is 0 Å². The number of carbonyl (C=O) groups is 1. The fraction of sp³-hybridized carbons (Fsp3) is 0.480. The van der Waals surface area contributed by atoms with Crippen molar-refractivity contribution in [2.45, 2.75) is 42.5 Å². The third-order valence-corrected chi connectivity index (χ3v) is 6.75. The van der Waals surface area contributed by atoms with Gasteiger partial charge >= 0.3 is 0 Å². The number of hydrogen-bond donors (Lipinski definition) is 1. The van der Waals surface area contributed by atoms with Crippen molar-refractivity contribution in [3.8, 4) is 11.5 Å². The Morgan fingerprint density at radius 1 is 1.19 bits per heavy atom. The predicted octanol–water partition coefficient (Wildman–Crippen LogP) is 3.98. The molecule has 1 unspecified atom stereocenters. The fourth-order valence-electron chi connectivity index (χ4n) is 3.61. The first kappa shape index (κ1) is 24.4. The highest BCUT2D eigenvalue weighted by molar-refractivity contribution is 8.00. The Morgan fingerprint density at radius 3 is 2.66 bits per heavy atom. The molecule has 32 heavy (non-hydrogen) atoms. The van der Waals surface area contributed by atoms with Gasteiger partial charge in [-0.1, -0.05) is 12.1 Å². The molecule has 3 rings (SSSR count). The number of amides is 1. The first-order chi connectivity index (χ1) is 15.5. The van der Waals surface area contributed by atoms with E-state index < -0.39 is 0 Å². The molecule has 0 spiro atoms. The molecule has 6 nitrogen and oxygen atoms in total. The van der Waals surface area contributed by atoms with Gasteiger partial charge in [-0.2, -0.15) is 0 Å². The van der Waals surface area contributed by atoms with Crippen molar-refractivity contribution in [2.24, 2.45) is 0 Å². The fourth-order valence-corrected chi connectivity index (χ4v) is 4.50. The number of hydrogen-bond acceptors (Lipinski definition) is 6. The lowest BCUT2D eigenvalue weighted by Crippen LogP contribution is -2.38. The van der Waals surface area contributed by atoms with E-state index in [0.29, 0.717) is 19.2 Å². The second kappa shape index (κ2) is 12.7. The van der Waals surface area contributed by atoms with Gasteiger partial charge in [-0.25, -0.2) is 0 Å². The third kappa shape index (κ3) is 7.73. The molecule has 7 heteroatoms. The molecular formula is C25H34N2O4S. The average Bonchev–Trinajstić information content (AvgIpc) is 2.83. The van der Waals surface area contributed by atoms with Gasteiger partial charge in [0, 0.05) is 37.2 Å². The van der Waals surface area contributed by atoms with Crippen LogP contribution in [-0.4, -0.2) is 62.6 Å². The van der Waals surface area contributed by atoms with Gasteiger partial charge in [-0.05, 0) is 68.8 Å². The van der Waals surface area contributed by atoms with Crippen LogP contribution in [0.4, 0.5) is 0 Å². The Balaban J connectivity index is 1.40. The zero-order valence-corrected chi connectivity index (χ0v) is 20.0. The predicted molar refractivity (Wildman–Crippen MR) is 129 cm³/mol. The van der Waals surface area contributed by atoms with Gasteiger partial charge in [0.25, 0.3) is 0 Å². The highest BCUT2D eigenvalue weighted by Crippen LogP contribution is 2.25. The van der Waals surface area contributed by atoms with Crippen molar-refractivity contribution in [3.05, 3.63) is 54.1 Å². The van der Waals surface area contributed by atoms with Crippen LogP contribution in [0.15, 0.2) is 53.4 Å². The smallest absolute Gasteiger partial charge is 0.233 e. The van der Waals surface area contributed by atoms with Gasteiger partial charge < -0.3 is 19.5 Å². The molecule has 0 aromatic heterocycles. The number of nitrogens with one attached hydrogen (secondary N) is 1. The van der Waals surface area contributed by atoms with Gasteiger partial charge in [-0.3, -0.25) is 9.69 Å². The van der Waals surface area contributed by atoms with Gasteiger partial charge in [0.05, 0.1) is 12.4 Å². The molecule has 1 amide bonds. The third-order valence-electron chi connectivity index (χ3n) is 5.63. The van der Waals surface area contributed by atoms with Crippen LogP contribution in [0.25, 0.3) is 0 Å². The normalized spacial score (nSPS) is 15.4. The summed E-state index contributed by atoms with van der Waals surface area (Å²) in [5.74, 6) is 1.65. The van der Waals surface area contributed by atoms with Crippen molar-refractivity contribution < 1.29 is 19.0 Å². The molecule has 1 aliphatic heterocycles. The number of ether oxygens (including phenoxy) is 3. The zero-order valence-electron chi connectivity index (χ0n) is 19.2. The summed E-state index contributed by atoms with van der Waals surface area (Å²) in [6.07, 6.45) is 2.17. The molecule has 0 bridgehead atoms. The number of carbonyl (C=O) groups excluding carboxylic acids is 1. The molecule has 1 saturated heterocycles. The van der Waals surface area contributed by atoms with E-state index in [1.165, 1.54) is 11.8 Å². The van der Waals surface area contributed by atoms with Gasteiger partial charge in [0.15, 0.2) is 0 Å². The number of benzene rings is 2. The summed E-state index contributed by atoms with van der Waals surface area (Å²) >= 11 is 1.53. The lowest BCUT2D eigenvalue weighted by atomic mass is 10.1. The van der Waals surface area contributed by atoms with Crippen LogP contribution in [-0.2, 0) is 16.1 Å². The Hall–Kier alpha value is -2.22. The number of rotatable bonds is 11. The van der Waals surface area contributed by atoms with Gasteiger partial charge in [0.1, 0.15) is 18.1 Å². The van der Waals surface area contributed by atoms with Crippen LogP contribution in [0.1, 0.15) is 25.3 Å². The van der Waals surface area contributed by atoms with Crippen molar-refractivity contribution in [2.75, 3.05) is 40.5 Å². The molecule has 1 N–H and O–H groups in total. The molecule has 0 saturated carbocycles. The molecule has 0 aliphatic carbocycles. The number of nitrogens with zero attached hydrogens (tertiary/aromatic N) is 1. The maximum absolute atomic E-state index is 12.5. The second-order valence-corrected chi connectivity index (χ2v) is 9.39. The molecule has 1 fully saturated rings. The average molecular weight is 459 g/mol. The molecule has 2 aromatic rings. The molecule has 2 aromatic carbocycles. The van der Waals surface area contributed by atoms with Crippen LogP contribution >= 0.6 is 11.8 Å². The van der Waals surface area contributed by atoms with Crippen molar-refractivity contribution in [1.29, 1.82) is 0 Å². The number of methoxy groups -OCH3 is 1. The van der Waals surface area contributed by atoms with E-state index in [1.54, 1.807) is 7.11 Å². The molecule has 0 radical (unpaired) electrons. The standard InChI is InChI=1S/C25H34N2O4S/c1-19(32-24-9-7-22(29-3)8-10-24)25(28)26-18-20-5-4-6-23(17-20)31-16-13-27(2)21-11-14-30-15-12-21/h4-10,17,19,21H,11-16,18H2,1-3H3,(H,26,28). The van der Waals surface area contributed by atoms with Crippen molar-refractivity contribution in [1.82, 2.24) is 10.2 Å². The maximum atomic E-state index is 12.5. The van der Waals surface area contributed by atoms with E-state index in [1.807, 2.05) is 55.5 Å². The SMILES string of the molecule is COc1ccc(SC(C)C(=O)NCc2cccc(OCCN(C)C3CCOCC3)c2)cc1. The van der Waals surface area contributed by atoms with E-state index in [0.717, 1.165) is 54.6 Å². The first-order valence-corrected chi connectivity index (χ1v) is 12.0. The molecule has 1 aliphatic rings. The lowest BCUT2D eigenvalue weighted by molar-refractivity contribution is -0.120. The van der Waals surface area contributed by atoms with E-state index >= 15 is 0 Å². The Labute approximate surface area is 195 Å². The summed E-state index contributed by atoms with van der Waals surface area (Å²) in [7, 11) is 3.79. The summed E-state index contributed by atoms with van der Waals surface area (Å²) in [4.78, 5) is 15.9. The number of likely N-dealkylation sites (N-methyl/N-ethyl adjacent to an activating group) is 1. The van der Waals surface area contributed by atoms with Crippen LogP contribution in [0.2, 0.25) is 0 Å². The van der Waals surface area contributed by atoms with Gasteiger partial charge in [-0.15, -0.1) is 11.8 Å². The lowest BCUT2D eigenvalue weighted by Gasteiger charge is -2.31. The van der Waals surface area contributed by atoms with E-state index in [-0.39, 0.29) is 11.2 Å². The van der Waals surface area contributed by atoms with E-state index in [9.17, 15) is 4.79 Å². The highest BCUT2D eigenvalue weighted by atomic mass is 32.2. The summed E-state index contributed by atoms with van der Waals surface area (Å²) in [5.41, 5.74) is 1.02. The minimum Gasteiger partial charge on any atom is -0.497 e.